The number of aryl methyl sites for hydroxylation is 2. The Hall–Kier alpha value is -3.25. The van der Waals surface area contributed by atoms with Gasteiger partial charge in [-0.3, -0.25) is 14.0 Å². The largest absolute Gasteiger partial charge is 0.319 e. The van der Waals surface area contributed by atoms with E-state index in [-0.39, 0.29) is 17.2 Å². The molecule has 0 saturated heterocycles. The van der Waals surface area contributed by atoms with Gasteiger partial charge in [-0.2, -0.15) is 0 Å². The fraction of sp³-hybridized carbons (Fsp3) is 0.136. The quantitative estimate of drug-likeness (QED) is 0.570. The van der Waals surface area contributed by atoms with Crippen molar-refractivity contribution in [2.75, 3.05) is 5.32 Å². The Bertz CT molecular complexity index is 1160. The smallest absolute Gasteiger partial charge is 0.282 e. The van der Waals surface area contributed by atoms with E-state index in [2.05, 4.69) is 10.3 Å². The number of rotatable bonds is 4. The monoisotopic (exact) mass is 389 g/mol. The highest BCUT2D eigenvalue weighted by atomic mass is 32.1. The molecule has 0 radical (unpaired) electrons. The summed E-state index contributed by atoms with van der Waals surface area (Å²) in [6.07, 6.45) is 0. The Morgan fingerprint density at radius 2 is 1.57 bits per heavy atom. The molecule has 0 aliphatic carbocycles. The van der Waals surface area contributed by atoms with Crippen LogP contribution in [0.5, 0.6) is 0 Å². The Morgan fingerprint density at radius 1 is 1.00 bits per heavy atom. The number of carbonyl (C=O) groups excluding carboxylic acids is 1. The van der Waals surface area contributed by atoms with Crippen LogP contribution in [-0.2, 0) is 4.79 Å². The van der Waals surface area contributed by atoms with Gasteiger partial charge < -0.3 is 5.32 Å². The minimum atomic E-state index is -0.523. The molecule has 5 nitrogen and oxygen atoms in total. The maximum absolute atomic E-state index is 13.3. The van der Waals surface area contributed by atoms with Crippen LogP contribution in [0.3, 0.4) is 0 Å². The summed E-state index contributed by atoms with van der Waals surface area (Å²) >= 11 is 1.41. The van der Waals surface area contributed by atoms with Gasteiger partial charge >= 0.3 is 0 Å². The maximum Gasteiger partial charge on any atom is 0.282 e. The summed E-state index contributed by atoms with van der Waals surface area (Å²) < 4.78 is 1.54. The molecule has 0 aliphatic rings. The first-order chi connectivity index (χ1) is 13.6. The lowest BCUT2D eigenvalue weighted by atomic mass is 9.90. The summed E-state index contributed by atoms with van der Waals surface area (Å²) in [6, 6.07) is 19.1. The van der Waals surface area contributed by atoms with Crippen LogP contribution < -0.4 is 10.9 Å². The molecule has 6 heteroatoms. The Morgan fingerprint density at radius 3 is 2.14 bits per heavy atom. The summed E-state index contributed by atoms with van der Waals surface area (Å²) in [5, 5.41) is 4.74. The molecular weight excluding hydrogens is 370 g/mol. The highest BCUT2D eigenvalue weighted by molar-refractivity contribution is 7.15. The van der Waals surface area contributed by atoms with Crippen LogP contribution in [-0.4, -0.2) is 15.3 Å². The predicted molar refractivity (Wildman–Crippen MR) is 112 cm³/mol. The van der Waals surface area contributed by atoms with Crippen LogP contribution in [0.25, 0.3) is 4.96 Å². The second kappa shape index (κ2) is 7.40. The van der Waals surface area contributed by atoms with Crippen LogP contribution >= 0.6 is 11.3 Å². The van der Waals surface area contributed by atoms with Gasteiger partial charge in [-0.05, 0) is 25.0 Å². The lowest BCUT2D eigenvalue weighted by molar-refractivity contribution is -0.116. The summed E-state index contributed by atoms with van der Waals surface area (Å²) in [5.74, 6) is -0.780. The number of anilines is 1. The highest BCUT2D eigenvalue weighted by Gasteiger charge is 2.25. The first-order valence-electron chi connectivity index (χ1n) is 8.94. The van der Waals surface area contributed by atoms with Crippen molar-refractivity contribution in [3.8, 4) is 0 Å². The van der Waals surface area contributed by atoms with Gasteiger partial charge in [0.05, 0.1) is 11.6 Å². The van der Waals surface area contributed by atoms with Gasteiger partial charge in [0.1, 0.15) is 5.69 Å². The van der Waals surface area contributed by atoms with E-state index in [0.29, 0.717) is 10.7 Å². The zero-order chi connectivity index (χ0) is 19.7. The number of carbonyl (C=O) groups is 1. The fourth-order valence-corrected chi connectivity index (χ4v) is 4.21. The van der Waals surface area contributed by atoms with Crippen LogP contribution in [0.15, 0.2) is 70.8 Å². The number of nitrogens with one attached hydrogen (secondary N) is 1. The van der Waals surface area contributed by atoms with Gasteiger partial charge in [0.25, 0.3) is 5.56 Å². The fourth-order valence-electron chi connectivity index (χ4n) is 3.31. The molecule has 0 aliphatic heterocycles. The van der Waals surface area contributed by atoms with Crippen molar-refractivity contribution in [2.24, 2.45) is 0 Å². The van der Waals surface area contributed by atoms with Gasteiger partial charge in [0, 0.05) is 11.1 Å². The standard InChI is InChI=1S/C22H19N3O2S/c1-14-13-28-22-23-15(2)19(21(27)25(14)22)24-20(26)18(16-9-5-3-6-10-16)17-11-7-4-8-12-17/h3-13,18H,1-2H3,(H,24,26). The number of hydrogen-bond acceptors (Lipinski definition) is 4. The molecule has 2 heterocycles. The van der Waals surface area contributed by atoms with Crippen molar-refractivity contribution in [3.63, 3.8) is 0 Å². The van der Waals surface area contributed by atoms with E-state index < -0.39 is 5.92 Å². The number of hydrogen-bond donors (Lipinski definition) is 1. The zero-order valence-corrected chi connectivity index (χ0v) is 16.4. The van der Waals surface area contributed by atoms with Gasteiger partial charge in [0.15, 0.2) is 4.96 Å². The van der Waals surface area contributed by atoms with Gasteiger partial charge in [0.2, 0.25) is 5.91 Å². The van der Waals surface area contributed by atoms with Crippen molar-refractivity contribution in [3.05, 3.63) is 98.9 Å². The molecule has 0 spiro atoms. The van der Waals surface area contributed by atoms with Crippen LogP contribution in [0.2, 0.25) is 0 Å². The lowest BCUT2D eigenvalue weighted by Crippen LogP contribution is -2.28. The molecule has 4 rings (SSSR count). The van der Waals surface area contributed by atoms with E-state index in [1.807, 2.05) is 73.0 Å². The average Bonchev–Trinajstić information content (AvgIpc) is 3.07. The lowest BCUT2D eigenvalue weighted by Gasteiger charge is -2.18. The highest BCUT2D eigenvalue weighted by Crippen LogP contribution is 2.26. The van der Waals surface area contributed by atoms with Crippen molar-refractivity contribution in [1.29, 1.82) is 0 Å². The number of fused-ring (bicyclic) bond motifs is 1. The minimum Gasteiger partial charge on any atom is -0.319 e. The van der Waals surface area contributed by atoms with Gasteiger partial charge in [-0.15, -0.1) is 11.3 Å². The number of amides is 1. The molecule has 2 aromatic carbocycles. The molecule has 0 atom stereocenters. The number of benzene rings is 2. The second-order valence-electron chi connectivity index (χ2n) is 6.62. The first kappa shape index (κ1) is 18.1. The van der Waals surface area contributed by atoms with E-state index in [1.54, 1.807) is 6.92 Å². The third kappa shape index (κ3) is 3.23. The topological polar surface area (TPSA) is 63.5 Å². The molecule has 0 fully saturated rings. The Balaban J connectivity index is 1.78. The predicted octanol–water partition coefficient (Wildman–Crippen LogP) is 4.14. The molecule has 1 N–H and O–H groups in total. The first-order valence-corrected chi connectivity index (χ1v) is 9.82. The van der Waals surface area contributed by atoms with E-state index in [0.717, 1.165) is 16.8 Å². The molecule has 0 bridgehead atoms. The van der Waals surface area contributed by atoms with Gasteiger partial charge in [-0.25, -0.2) is 4.98 Å². The van der Waals surface area contributed by atoms with E-state index in [1.165, 1.54) is 15.7 Å². The average molecular weight is 389 g/mol. The van der Waals surface area contributed by atoms with Crippen LogP contribution in [0, 0.1) is 13.8 Å². The molecular formula is C22H19N3O2S. The third-order valence-corrected chi connectivity index (χ3v) is 5.64. The molecule has 0 saturated carbocycles. The number of thiazole rings is 1. The molecule has 2 aromatic heterocycles. The van der Waals surface area contributed by atoms with Crippen LogP contribution in [0.1, 0.15) is 28.4 Å². The van der Waals surface area contributed by atoms with E-state index >= 15 is 0 Å². The molecule has 4 aromatic rings. The summed E-state index contributed by atoms with van der Waals surface area (Å²) in [4.78, 5) is 31.4. The van der Waals surface area contributed by atoms with Gasteiger partial charge in [-0.1, -0.05) is 60.7 Å². The molecule has 0 unspecified atom stereocenters. The molecule has 140 valence electrons. The Kier molecular flexibility index (Phi) is 4.79. The van der Waals surface area contributed by atoms with E-state index in [4.69, 9.17) is 0 Å². The van der Waals surface area contributed by atoms with Crippen molar-refractivity contribution in [1.82, 2.24) is 9.38 Å². The Labute approximate surface area is 166 Å². The summed E-state index contributed by atoms with van der Waals surface area (Å²) in [7, 11) is 0. The number of aromatic nitrogens is 2. The molecule has 1 amide bonds. The maximum atomic E-state index is 13.3. The summed E-state index contributed by atoms with van der Waals surface area (Å²) in [5.41, 5.74) is 3.01. The number of nitrogens with zero attached hydrogens (tertiary/aromatic N) is 2. The van der Waals surface area contributed by atoms with Crippen molar-refractivity contribution in [2.45, 2.75) is 19.8 Å². The van der Waals surface area contributed by atoms with Crippen LogP contribution in [0.4, 0.5) is 5.69 Å². The third-order valence-electron chi connectivity index (χ3n) is 4.70. The minimum absolute atomic E-state index is 0.223. The van der Waals surface area contributed by atoms with Crippen molar-refractivity contribution >= 4 is 27.9 Å². The SMILES string of the molecule is Cc1nc2scc(C)n2c(=O)c1NC(=O)C(c1ccccc1)c1ccccc1. The summed E-state index contributed by atoms with van der Waals surface area (Å²) in [6.45, 7) is 3.59. The normalized spacial score (nSPS) is 11.1. The van der Waals surface area contributed by atoms with E-state index in [9.17, 15) is 9.59 Å². The molecule has 28 heavy (non-hydrogen) atoms. The zero-order valence-electron chi connectivity index (χ0n) is 15.5. The second-order valence-corrected chi connectivity index (χ2v) is 7.45. The van der Waals surface area contributed by atoms with Crippen molar-refractivity contribution < 1.29 is 4.79 Å².